The average molecular weight is 610 g/mol. The zero-order valence-corrected chi connectivity index (χ0v) is 28.7. The molecule has 1 aliphatic heterocycles. The molecule has 5 heteroatoms. The summed E-state index contributed by atoms with van der Waals surface area (Å²) in [6, 6.07) is 4.85. The van der Waals surface area contributed by atoms with Crippen LogP contribution in [0, 0.1) is 17.3 Å². The van der Waals surface area contributed by atoms with Gasteiger partial charge in [-0.05, 0) is 104 Å². The molecule has 248 valence electrons. The standard InChI is InChI=1S/C39H63NO4/c1-5-7-9-10-11-12-13-14-19-36(41)40(24-8-6-2)33-26-29-27-34(42-4)35(44-37-20-15-16-25-43-37)28-31(29)30-21-23-39(3)22-17-18-32(39)38(30)33/h27-28,30,32-33,37-38H,5-26H2,1-4H3/t30?,32?,33-,37?,38?,39+/m1/s1. The van der Waals surface area contributed by atoms with Crippen molar-refractivity contribution >= 4 is 5.91 Å². The second-order valence-electron chi connectivity index (χ2n) is 14.9. The summed E-state index contributed by atoms with van der Waals surface area (Å²) in [6.45, 7) is 8.77. The highest BCUT2D eigenvalue weighted by Crippen LogP contribution is 2.62. The summed E-state index contributed by atoms with van der Waals surface area (Å²) in [4.78, 5) is 16.5. The summed E-state index contributed by atoms with van der Waals surface area (Å²) < 4.78 is 18.4. The maximum atomic E-state index is 14.1. The SMILES string of the molecule is CCCCCCCCCCC(=O)N(CCCC)[C@@H]1Cc2cc(OC)c(OC3CCCCO3)cc2C2CC[C@]3(C)CCCC3C21. The number of unbranched alkanes of at least 4 members (excludes halogenated alkanes) is 8. The topological polar surface area (TPSA) is 48.0 Å². The highest BCUT2D eigenvalue weighted by atomic mass is 16.7. The lowest BCUT2D eigenvalue weighted by atomic mass is 9.54. The molecule has 0 aromatic heterocycles. The van der Waals surface area contributed by atoms with E-state index in [2.05, 4.69) is 37.8 Å². The van der Waals surface area contributed by atoms with Gasteiger partial charge in [-0.3, -0.25) is 4.79 Å². The second-order valence-corrected chi connectivity index (χ2v) is 14.9. The third-order valence-corrected chi connectivity index (χ3v) is 11.9. The van der Waals surface area contributed by atoms with Gasteiger partial charge in [0.2, 0.25) is 5.91 Å². The molecule has 5 nitrogen and oxygen atoms in total. The van der Waals surface area contributed by atoms with E-state index >= 15 is 0 Å². The van der Waals surface area contributed by atoms with Crippen molar-refractivity contribution in [2.75, 3.05) is 20.3 Å². The summed E-state index contributed by atoms with van der Waals surface area (Å²) in [7, 11) is 1.75. The monoisotopic (exact) mass is 609 g/mol. The molecule has 2 saturated carbocycles. The molecule has 4 unspecified atom stereocenters. The van der Waals surface area contributed by atoms with E-state index in [4.69, 9.17) is 14.2 Å². The van der Waals surface area contributed by atoms with Crippen molar-refractivity contribution in [2.45, 2.75) is 167 Å². The molecule has 44 heavy (non-hydrogen) atoms. The summed E-state index contributed by atoms with van der Waals surface area (Å²) >= 11 is 0. The fourth-order valence-corrected chi connectivity index (χ4v) is 9.46. The van der Waals surface area contributed by atoms with Crippen LogP contribution < -0.4 is 9.47 Å². The Balaban J connectivity index is 1.38. The molecule has 4 aliphatic rings. The number of fused-ring (bicyclic) bond motifs is 5. The Morgan fingerprint density at radius 1 is 0.909 bits per heavy atom. The first-order chi connectivity index (χ1) is 21.5. The fraction of sp³-hybridized carbons (Fsp3) is 0.821. The molecule has 6 atom stereocenters. The third-order valence-electron chi connectivity index (χ3n) is 11.9. The summed E-state index contributed by atoms with van der Waals surface area (Å²) in [5.74, 6) is 3.73. The highest BCUT2D eigenvalue weighted by molar-refractivity contribution is 5.76. The average Bonchev–Trinajstić information content (AvgIpc) is 3.44. The van der Waals surface area contributed by atoms with Crippen LogP contribution in [0.3, 0.4) is 0 Å². The molecule has 1 aromatic carbocycles. The predicted octanol–water partition coefficient (Wildman–Crippen LogP) is 9.98. The van der Waals surface area contributed by atoms with Crippen molar-refractivity contribution in [3.05, 3.63) is 23.3 Å². The van der Waals surface area contributed by atoms with E-state index in [0.717, 1.165) is 69.6 Å². The molecule has 0 N–H and O–H groups in total. The first-order valence-corrected chi connectivity index (χ1v) is 18.8. The van der Waals surface area contributed by atoms with Crippen LogP contribution in [0.1, 0.15) is 160 Å². The molecule has 1 heterocycles. The molecule has 3 aliphatic carbocycles. The van der Waals surface area contributed by atoms with E-state index < -0.39 is 0 Å². The smallest absolute Gasteiger partial charge is 0.222 e. The van der Waals surface area contributed by atoms with E-state index in [1.165, 1.54) is 88.2 Å². The minimum Gasteiger partial charge on any atom is -0.493 e. The Labute approximate surface area is 269 Å². The number of amides is 1. The van der Waals surface area contributed by atoms with Crippen molar-refractivity contribution in [3.8, 4) is 11.5 Å². The Hall–Kier alpha value is -1.75. The Morgan fingerprint density at radius 2 is 1.68 bits per heavy atom. The lowest BCUT2D eigenvalue weighted by Gasteiger charge is -2.54. The van der Waals surface area contributed by atoms with Gasteiger partial charge in [0.15, 0.2) is 17.8 Å². The minimum atomic E-state index is -0.189. The molecule has 5 rings (SSSR count). The molecule has 1 saturated heterocycles. The summed E-state index contributed by atoms with van der Waals surface area (Å²) in [5, 5.41) is 0. The Kier molecular flexibility index (Phi) is 12.4. The van der Waals surface area contributed by atoms with Gasteiger partial charge in [-0.15, -0.1) is 0 Å². The summed E-state index contributed by atoms with van der Waals surface area (Å²) in [5.41, 5.74) is 3.24. The normalized spacial score (nSPS) is 29.4. The summed E-state index contributed by atoms with van der Waals surface area (Å²) in [6.07, 6.45) is 23.5. The number of carbonyl (C=O) groups excluding carboxylic acids is 1. The quantitative estimate of drug-likeness (QED) is 0.175. The van der Waals surface area contributed by atoms with Crippen LogP contribution in [0.25, 0.3) is 0 Å². The predicted molar refractivity (Wildman–Crippen MR) is 179 cm³/mol. The molecular weight excluding hydrogens is 546 g/mol. The van der Waals surface area contributed by atoms with Crippen molar-refractivity contribution in [1.29, 1.82) is 0 Å². The maximum Gasteiger partial charge on any atom is 0.222 e. The van der Waals surface area contributed by atoms with Crippen LogP contribution in [0.15, 0.2) is 12.1 Å². The first kappa shape index (κ1) is 33.6. The highest BCUT2D eigenvalue weighted by Gasteiger charge is 2.54. The van der Waals surface area contributed by atoms with E-state index in [9.17, 15) is 4.79 Å². The Morgan fingerprint density at radius 3 is 2.41 bits per heavy atom. The zero-order valence-electron chi connectivity index (χ0n) is 28.7. The zero-order chi connectivity index (χ0) is 30.9. The van der Waals surface area contributed by atoms with Crippen LogP contribution in [-0.4, -0.2) is 43.4 Å². The lowest BCUT2D eigenvalue weighted by Crippen LogP contribution is -2.55. The first-order valence-electron chi connectivity index (χ1n) is 18.8. The van der Waals surface area contributed by atoms with Gasteiger partial charge in [-0.25, -0.2) is 0 Å². The number of rotatable bonds is 16. The van der Waals surface area contributed by atoms with Crippen LogP contribution in [0.5, 0.6) is 11.5 Å². The van der Waals surface area contributed by atoms with Gasteiger partial charge in [0.25, 0.3) is 0 Å². The number of methoxy groups -OCH3 is 1. The van der Waals surface area contributed by atoms with Crippen molar-refractivity contribution in [2.24, 2.45) is 17.3 Å². The van der Waals surface area contributed by atoms with Gasteiger partial charge < -0.3 is 19.1 Å². The molecule has 0 bridgehead atoms. The molecule has 3 fully saturated rings. The number of nitrogens with zero attached hydrogens (tertiary/aromatic N) is 1. The largest absolute Gasteiger partial charge is 0.493 e. The van der Waals surface area contributed by atoms with Crippen LogP contribution in [-0.2, 0) is 16.0 Å². The molecule has 1 amide bonds. The van der Waals surface area contributed by atoms with E-state index in [0.29, 0.717) is 35.5 Å². The van der Waals surface area contributed by atoms with Gasteiger partial charge in [0, 0.05) is 25.4 Å². The lowest BCUT2D eigenvalue weighted by molar-refractivity contribution is -0.137. The van der Waals surface area contributed by atoms with E-state index in [1.807, 2.05) is 0 Å². The molecular formula is C39H63NO4. The number of benzene rings is 1. The van der Waals surface area contributed by atoms with Gasteiger partial charge in [0.1, 0.15) is 0 Å². The van der Waals surface area contributed by atoms with Gasteiger partial charge >= 0.3 is 0 Å². The number of ether oxygens (including phenoxy) is 3. The fourth-order valence-electron chi connectivity index (χ4n) is 9.46. The number of hydrogen-bond acceptors (Lipinski definition) is 4. The van der Waals surface area contributed by atoms with Gasteiger partial charge in [-0.1, -0.05) is 78.6 Å². The molecule has 0 spiro atoms. The van der Waals surface area contributed by atoms with Crippen LogP contribution >= 0.6 is 0 Å². The second kappa shape index (κ2) is 16.2. The van der Waals surface area contributed by atoms with Crippen LogP contribution in [0.4, 0.5) is 0 Å². The maximum absolute atomic E-state index is 14.1. The van der Waals surface area contributed by atoms with E-state index in [1.54, 1.807) is 7.11 Å². The number of carbonyl (C=O) groups is 1. The molecule has 0 radical (unpaired) electrons. The van der Waals surface area contributed by atoms with Crippen molar-refractivity contribution in [1.82, 2.24) is 4.90 Å². The Bertz CT molecular complexity index is 1050. The third kappa shape index (κ3) is 7.78. The minimum absolute atomic E-state index is 0.189. The van der Waals surface area contributed by atoms with Gasteiger partial charge in [0.05, 0.1) is 13.7 Å². The molecule has 1 aromatic rings. The van der Waals surface area contributed by atoms with Gasteiger partial charge in [-0.2, -0.15) is 0 Å². The number of hydrogen-bond donors (Lipinski definition) is 0. The van der Waals surface area contributed by atoms with Crippen molar-refractivity contribution in [3.63, 3.8) is 0 Å². The van der Waals surface area contributed by atoms with Crippen LogP contribution in [0.2, 0.25) is 0 Å². The van der Waals surface area contributed by atoms with E-state index in [-0.39, 0.29) is 12.3 Å². The van der Waals surface area contributed by atoms with Crippen molar-refractivity contribution < 1.29 is 19.0 Å².